The highest BCUT2D eigenvalue weighted by molar-refractivity contribution is 7.86. The Morgan fingerprint density at radius 1 is 1.23 bits per heavy atom. The van der Waals surface area contributed by atoms with Gasteiger partial charge in [-0.1, -0.05) is 23.7 Å². The topological polar surface area (TPSA) is 45.8 Å². The van der Waals surface area contributed by atoms with Crippen molar-refractivity contribution in [3.05, 3.63) is 47.2 Å². The molecule has 3 nitrogen and oxygen atoms in total. The van der Waals surface area contributed by atoms with Crippen molar-refractivity contribution in [1.29, 1.82) is 0 Å². The Morgan fingerprint density at radius 2 is 1.95 bits per heavy atom. The molecule has 1 aliphatic rings. The predicted octanol–water partition coefficient (Wildman–Crippen LogP) is 4.46. The maximum Gasteiger partial charge on any atom is 0.131 e. The van der Waals surface area contributed by atoms with Crippen LogP contribution in [0.4, 0.5) is 0 Å². The Kier molecular flexibility index (Phi) is 3.31. The Balaban J connectivity index is 1.72. The lowest BCUT2D eigenvalue weighted by atomic mass is 10.1. The number of aromatic nitrogens is 2. The summed E-state index contributed by atoms with van der Waals surface area (Å²) in [5.41, 5.74) is 3.99. The van der Waals surface area contributed by atoms with Crippen LogP contribution in [0.3, 0.4) is 0 Å². The minimum Gasteiger partial charge on any atom is -0.354 e. The number of rotatable bonds is 3. The second-order valence-corrected chi connectivity index (χ2v) is 7.82. The average Bonchev–Trinajstić information content (AvgIpc) is 3.26. The van der Waals surface area contributed by atoms with Gasteiger partial charge in [-0.2, -0.15) is 0 Å². The summed E-state index contributed by atoms with van der Waals surface area (Å²) < 4.78 is 12.2. The van der Waals surface area contributed by atoms with E-state index in [2.05, 4.69) is 16.0 Å². The molecule has 0 radical (unpaired) electrons. The van der Waals surface area contributed by atoms with Crippen molar-refractivity contribution in [2.45, 2.75) is 29.9 Å². The number of aryl methyl sites for hydroxylation is 1. The van der Waals surface area contributed by atoms with E-state index in [9.17, 15) is 4.21 Å². The number of hydrogen-bond acceptors (Lipinski definition) is 2. The van der Waals surface area contributed by atoms with Gasteiger partial charge < -0.3 is 4.98 Å². The molecule has 4 rings (SSSR count). The van der Waals surface area contributed by atoms with Crippen molar-refractivity contribution in [2.75, 3.05) is 0 Å². The van der Waals surface area contributed by atoms with Crippen LogP contribution in [0.25, 0.3) is 22.2 Å². The molecule has 0 bridgehead atoms. The normalized spacial score (nSPS) is 16.1. The van der Waals surface area contributed by atoms with Gasteiger partial charge in [-0.05, 0) is 49.6 Å². The monoisotopic (exact) mass is 330 g/mol. The fourth-order valence-corrected chi connectivity index (χ4v) is 4.24. The third-order valence-electron chi connectivity index (χ3n) is 4.00. The van der Waals surface area contributed by atoms with E-state index in [1.807, 2.05) is 37.3 Å². The number of nitrogens with zero attached hydrogens (tertiary/aromatic N) is 1. The van der Waals surface area contributed by atoms with Crippen LogP contribution < -0.4 is 0 Å². The van der Waals surface area contributed by atoms with Gasteiger partial charge in [-0.25, -0.2) is 4.98 Å². The van der Waals surface area contributed by atoms with Crippen molar-refractivity contribution < 1.29 is 4.21 Å². The largest absolute Gasteiger partial charge is 0.354 e. The van der Waals surface area contributed by atoms with E-state index in [0.29, 0.717) is 10.4 Å². The second-order valence-electron chi connectivity index (χ2n) is 5.70. The maximum absolute atomic E-state index is 12.2. The van der Waals surface area contributed by atoms with Gasteiger partial charge in [0.15, 0.2) is 0 Å². The summed E-state index contributed by atoms with van der Waals surface area (Å²) in [7, 11) is -0.848. The Morgan fingerprint density at radius 3 is 2.64 bits per heavy atom. The molecule has 5 heteroatoms. The van der Waals surface area contributed by atoms with Crippen molar-refractivity contribution in [3.8, 4) is 11.3 Å². The van der Waals surface area contributed by atoms with Crippen LogP contribution >= 0.6 is 11.6 Å². The van der Waals surface area contributed by atoms with E-state index in [1.54, 1.807) is 0 Å². The number of benzene rings is 1. The van der Waals surface area contributed by atoms with Gasteiger partial charge >= 0.3 is 0 Å². The zero-order chi connectivity index (χ0) is 15.3. The highest BCUT2D eigenvalue weighted by Crippen LogP contribution is 2.32. The third-order valence-corrected chi connectivity index (χ3v) is 6.01. The average molecular weight is 331 g/mol. The molecule has 2 aromatic heterocycles. The van der Waals surface area contributed by atoms with E-state index >= 15 is 0 Å². The molecule has 1 fully saturated rings. The zero-order valence-corrected chi connectivity index (χ0v) is 13.7. The number of fused-ring (bicyclic) bond motifs is 1. The number of aromatic amines is 1. The van der Waals surface area contributed by atoms with Crippen molar-refractivity contribution in [1.82, 2.24) is 9.97 Å². The van der Waals surface area contributed by atoms with E-state index in [0.717, 1.165) is 45.6 Å². The number of hydrogen-bond donors (Lipinski definition) is 1. The fourth-order valence-electron chi connectivity index (χ4n) is 2.65. The smallest absolute Gasteiger partial charge is 0.131 e. The predicted molar refractivity (Wildman–Crippen MR) is 90.7 cm³/mol. The van der Waals surface area contributed by atoms with E-state index in [-0.39, 0.29) is 0 Å². The first-order valence-corrected chi connectivity index (χ1v) is 8.88. The van der Waals surface area contributed by atoms with Crippen LogP contribution in [0.15, 0.2) is 41.3 Å². The van der Waals surface area contributed by atoms with Gasteiger partial charge in [0, 0.05) is 26.9 Å². The molecule has 3 aromatic rings. The first kappa shape index (κ1) is 14.0. The third kappa shape index (κ3) is 2.46. The lowest BCUT2D eigenvalue weighted by Gasteiger charge is -2.02. The number of pyridine rings is 1. The highest BCUT2D eigenvalue weighted by atomic mass is 35.5. The molecule has 1 aliphatic carbocycles. The molecule has 0 spiro atoms. The van der Waals surface area contributed by atoms with Gasteiger partial charge in [0.2, 0.25) is 0 Å². The number of nitrogens with one attached hydrogen (secondary N) is 1. The molecule has 1 unspecified atom stereocenters. The number of H-pyrrole nitrogens is 1. The van der Waals surface area contributed by atoms with Crippen LogP contribution in [0.1, 0.15) is 18.5 Å². The Labute approximate surface area is 136 Å². The first-order chi connectivity index (χ1) is 10.6. The quantitative estimate of drug-likeness (QED) is 0.720. The van der Waals surface area contributed by atoms with Crippen LogP contribution in [-0.4, -0.2) is 19.4 Å². The van der Waals surface area contributed by atoms with E-state index < -0.39 is 10.8 Å². The minimum atomic E-state index is -0.848. The fraction of sp³-hybridized carbons (Fsp3) is 0.235. The van der Waals surface area contributed by atoms with Crippen molar-refractivity contribution in [2.24, 2.45) is 0 Å². The van der Waals surface area contributed by atoms with Gasteiger partial charge in [0.05, 0.1) is 16.3 Å². The van der Waals surface area contributed by atoms with Crippen LogP contribution in [-0.2, 0) is 10.8 Å². The zero-order valence-electron chi connectivity index (χ0n) is 12.1. The second kappa shape index (κ2) is 5.21. The lowest BCUT2D eigenvalue weighted by molar-refractivity contribution is 0.682. The van der Waals surface area contributed by atoms with Crippen LogP contribution in [0.5, 0.6) is 0 Å². The molecule has 112 valence electrons. The molecule has 2 heterocycles. The van der Waals surface area contributed by atoms with Crippen molar-refractivity contribution in [3.63, 3.8) is 0 Å². The van der Waals surface area contributed by atoms with Crippen molar-refractivity contribution >= 4 is 33.3 Å². The molecule has 1 atom stereocenters. The molecule has 1 saturated carbocycles. The maximum atomic E-state index is 12.2. The summed E-state index contributed by atoms with van der Waals surface area (Å²) in [5, 5.41) is 1.94. The molecule has 0 amide bonds. The standard InChI is InChI=1S/C17H15ClN2OS/c1-10-14-8-15(20-16(14)9-17(18)19-10)11-2-4-12(5-3-11)22(21)13-6-7-13/h2-5,8-9,13,20H,6-7H2,1H3. The Bertz CT molecular complexity index is 882. The molecule has 1 aromatic carbocycles. The van der Waals surface area contributed by atoms with Gasteiger partial charge in [-0.3, -0.25) is 4.21 Å². The lowest BCUT2D eigenvalue weighted by Crippen LogP contribution is -1.96. The summed E-state index contributed by atoms with van der Waals surface area (Å²) >= 11 is 6.01. The molecule has 0 aliphatic heterocycles. The number of halogens is 1. The van der Waals surface area contributed by atoms with E-state index in [1.165, 1.54) is 0 Å². The van der Waals surface area contributed by atoms with Crippen LogP contribution in [0, 0.1) is 6.92 Å². The molecular formula is C17H15ClN2OS. The first-order valence-electron chi connectivity index (χ1n) is 7.29. The molecule has 22 heavy (non-hydrogen) atoms. The Hall–Kier alpha value is -1.65. The SMILES string of the molecule is Cc1nc(Cl)cc2[nH]c(-c3ccc(S(=O)C4CC4)cc3)cc12. The minimum absolute atomic E-state index is 0.370. The highest BCUT2D eigenvalue weighted by Gasteiger charge is 2.29. The molecular weight excluding hydrogens is 316 g/mol. The summed E-state index contributed by atoms with van der Waals surface area (Å²) in [6.07, 6.45) is 2.17. The van der Waals surface area contributed by atoms with Gasteiger partial charge in [0.25, 0.3) is 0 Å². The molecule has 0 saturated heterocycles. The van der Waals surface area contributed by atoms with Gasteiger partial charge in [0.1, 0.15) is 5.15 Å². The summed E-state index contributed by atoms with van der Waals surface area (Å²) in [6, 6.07) is 11.9. The summed E-state index contributed by atoms with van der Waals surface area (Å²) in [6.45, 7) is 1.95. The summed E-state index contributed by atoms with van der Waals surface area (Å²) in [4.78, 5) is 8.57. The summed E-state index contributed by atoms with van der Waals surface area (Å²) in [5.74, 6) is 0. The molecule has 1 N–H and O–H groups in total. The van der Waals surface area contributed by atoms with E-state index in [4.69, 9.17) is 11.6 Å². The van der Waals surface area contributed by atoms with Gasteiger partial charge in [-0.15, -0.1) is 0 Å². The van der Waals surface area contributed by atoms with Crippen LogP contribution in [0.2, 0.25) is 5.15 Å².